The highest BCUT2D eigenvalue weighted by Gasteiger charge is 2.25. The van der Waals surface area contributed by atoms with Crippen molar-refractivity contribution in [2.75, 3.05) is 18.0 Å². The molecule has 90 valence electrons. The first kappa shape index (κ1) is 12.4. The molecular formula is C14H17BrN2. The van der Waals surface area contributed by atoms with E-state index in [4.69, 9.17) is 0 Å². The Morgan fingerprint density at radius 2 is 2.24 bits per heavy atom. The molecule has 1 aliphatic carbocycles. The molecule has 0 atom stereocenters. The molecule has 0 unspecified atom stereocenters. The average molecular weight is 293 g/mol. The third-order valence-corrected chi connectivity index (χ3v) is 3.58. The van der Waals surface area contributed by atoms with E-state index < -0.39 is 0 Å². The monoisotopic (exact) mass is 292 g/mol. The molecule has 1 aromatic rings. The Kier molecular flexibility index (Phi) is 4.06. The first-order chi connectivity index (χ1) is 8.24. The molecule has 3 heteroatoms. The lowest BCUT2D eigenvalue weighted by molar-refractivity contribution is 0.707. The van der Waals surface area contributed by atoms with E-state index in [1.807, 2.05) is 12.1 Å². The topological polar surface area (TPSA) is 27.0 Å². The average Bonchev–Trinajstić information content (AvgIpc) is 3.12. The summed E-state index contributed by atoms with van der Waals surface area (Å²) in [5.41, 5.74) is 1.86. The zero-order valence-electron chi connectivity index (χ0n) is 10.1. The third-order valence-electron chi connectivity index (χ3n) is 3.09. The summed E-state index contributed by atoms with van der Waals surface area (Å²) in [4.78, 5) is 2.36. The molecule has 0 aliphatic heterocycles. The van der Waals surface area contributed by atoms with Crippen LogP contribution in [-0.2, 0) is 0 Å². The van der Waals surface area contributed by atoms with Crippen molar-refractivity contribution in [2.24, 2.45) is 5.92 Å². The summed E-state index contributed by atoms with van der Waals surface area (Å²) in [5.74, 6) is 0.844. The molecule has 0 spiro atoms. The molecule has 0 saturated heterocycles. The maximum Gasteiger partial charge on any atom is 0.101 e. The minimum absolute atomic E-state index is 0.772. The van der Waals surface area contributed by atoms with Crippen molar-refractivity contribution in [3.05, 3.63) is 28.2 Å². The summed E-state index contributed by atoms with van der Waals surface area (Å²) in [5, 5.41) is 9.21. The van der Waals surface area contributed by atoms with E-state index in [1.54, 1.807) is 0 Å². The second kappa shape index (κ2) is 5.55. The van der Waals surface area contributed by atoms with Gasteiger partial charge in [0.1, 0.15) is 6.07 Å². The zero-order valence-corrected chi connectivity index (χ0v) is 11.7. The number of anilines is 1. The largest absolute Gasteiger partial charge is 0.370 e. The van der Waals surface area contributed by atoms with Crippen molar-refractivity contribution in [1.82, 2.24) is 0 Å². The van der Waals surface area contributed by atoms with Crippen LogP contribution in [-0.4, -0.2) is 13.1 Å². The van der Waals surface area contributed by atoms with Crippen LogP contribution in [0.25, 0.3) is 0 Å². The van der Waals surface area contributed by atoms with E-state index in [9.17, 15) is 5.26 Å². The molecule has 0 bridgehead atoms. The van der Waals surface area contributed by atoms with Crippen molar-refractivity contribution in [2.45, 2.75) is 26.2 Å². The molecule has 1 aromatic carbocycles. The summed E-state index contributed by atoms with van der Waals surface area (Å²) in [6, 6.07) is 8.28. The van der Waals surface area contributed by atoms with Gasteiger partial charge in [0, 0.05) is 17.6 Å². The van der Waals surface area contributed by atoms with Crippen LogP contribution in [0.3, 0.4) is 0 Å². The Morgan fingerprint density at radius 3 is 2.82 bits per heavy atom. The van der Waals surface area contributed by atoms with E-state index in [0.717, 1.165) is 41.2 Å². The van der Waals surface area contributed by atoms with Crippen LogP contribution in [0.15, 0.2) is 22.7 Å². The number of nitriles is 1. The lowest BCUT2D eigenvalue weighted by Gasteiger charge is -2.25. The summed E-state index contributed by atoms with van der Waals surface area (Å²) in [6.45, 7) is 4.32. The second-order valence-electron chi connectivity index (χ2n) is 4.66. The fourth-order valence-corrected chi connectivity index (χ4v) is 2.43. The minimum atomic E-state index is 0.772. The molecular weight excluding hydrogens is 276 g/mol. The van der Waals surface area contributed by atoms with E-state index in [0.29, 0.717) is 0 Å². The van der Waals surface area contributed by atoms with Gasteiger partial charge in [-0.3, -0.25) is 0 Å². The van der Waals surface area contributed by atoms with E-state index in [-0.39, 0.29) is 0 Å². The smallest absolute Gasteiger partial charge is 0.101 e. The predicted octanol–water partition coefficient (Wildman–Crippen LogP) is 3.95. The van der Waals surface area contributed by atoms with E-state index in [2.05, 4.69) is 39.9 Å². The summed E-state index contributed by atoms with van der Waals surface area (Å²) < 4.78 is 0.973. The fraction of sp³-hybridized carbons (Fsp3) is 0.500. The maximum atomic E-state index is 9.21. The highest BCUT2D eigenvalue weighted by Crippen LogP contribution is 2.33. The van der Waals surface area contributed by atoms with Gasteiger partial charge in [-0.1, -0.05) is 22.9 Å². The number of rotatable bonds is 5. The zero-order chi connectivity index (χ0) is 12.3. The molecule has 2 rings (SSSR count). The third kappa shape index (κ3) is 3.23. The summed E-state index contributed by atoms with van der Waals surface area (Å²) in [6.07, 6.45) is 3.81. The van der Waals surface area contributed by atoms with E-state index in [1.165, 1.54) is 12.8 Å². The van der Waals surface area contributed by atoms with Crippen LogP contribution in [0.1, 0.15) is 31.7 Å². The maximum absolute atomic E-state index is 9.21. The number of hydrogen-bond donors (Lipinski definition) is 0. The molecule has 0 amide bonds. The highest BCUT2D eigenvalue weighted by molar-refractivity contribution is 9.10. The van der Waals surface area contributed by atoms with Gasteiger partial charge in [0.2, 0.25) is 0 Å². The Balaban J connectivity index is 2.24. The van der Waals surface area contributed by atoms with Gasteiger partial charge in [0.15, 0.2) is 0 Å². The lowest BCUT2D eigenvalue weighted by Crippen LogP contribution is -2.27. The van der Waals surface area contributed by atoms with Gasteiger partial charge >= 0.3 is 0 Å². The second-order valence-corrected chi connectivity index (χ2v) is 5.58. The van der Waals surface area contributed by atoms with Gasteiger partial charge in [-0.25, -0.2) is 0 Å². The van der Waals surface area contributed by atoms with Gasteiger partial charge in [0.25, 0.3) is 0 Å². The van der Waals surface area contributed by atoms with Crippen LogP contribution in [0.4, 0.5) is 5.69 Å². The van der Waals surface area contributed by atoms with Gasteiger partial charge < -0.3 is 4.90 Å². The van der Waals surface area contributed by atoms with Gasteiger partial charge in [-0.2, -0.15) is 5.26 Å². The fourth-order valence-electron chi connectivity index (χ4n) is 2.07. The van der Waals surface area contributed by atoms with Gasteiger partial charge in [0.05, 0.1) is 11.3 Å². The highest BCUT2D eigenvalue weighted by atomic mass is 79.9. The number of hydrogen-bond acceptors (Lipinski definition) is 2. The quantitative estimate of drug-likeness (QED) is 0.822. The van der Waals surface area contributed by atoms with Gasteiger partial charge in [-0.15, -0.1) is 0 Å². The number of benzene rings is 1. The van der Waals surface area contributed by atoms with Crippen molar-refractivity contribution in [3.8, 4) is 6.07 Å². The summed E-state index contributed by atoms with van der Waals surface area (Å²) in [7, 11) is 0. The van der Waals surface area contributed by atoms with Crippen molar-refractivity contribution < 1.29 is 0 Å². The molecule has 2 nitrogen and oxygen atoms in total. The molecule has 1 aliphatic rings. The standard InChI is InChI=1S/C14H17BrN2/c1-2-7-17(10-11-3-4-11)14-6-5-13(15)8-12(14)9-16/h5-6,8,11H,2-4,7,10H2,1H3. The molecule has 1 fully saturated rings. The normalized spacial score (nSPS) is 14.4. The van der Waals surface area contributed by atoms with Crippen LogP contribution in [0.2, 0.25) is 0 Å². The van der Waals surface area contributed by atoms with Crippen molar-refractivity contribution in [1.29, 1.82) is 5.26 Å². The predicted molar refractivity (Wildman–Crippen MR) is 74.1 cm³/mol. The molecule has 0 radical (unpaired) electrons. The molecule has 0 aromatic heterocycles. The van der Waals surface area contributed by atoms with Crippen LogP contribution >= 0.6 is 15.9 Å². The molecule has 1 saturated carbocycles. The van der Waals surface area contributed by atoms with E-state index >= 15 is 0 Å². The molecule has 0 N–H and O–H groups in total. The SMILES string of the molecule is CCCN(CC1CC1)c1ccc(Br)cc1C#N. The first-order valence-electron chi connectivity index (χ1n) is 6.19. The Bertz CT molecular complexity index is 432. The Morgan fingerprint density at radius 1 is 1.47 bits per heavy atom. The lowest BCUT2D eigenvalue weighted by atomic mass is 10.1. The van der Waals surface area contributed by atoms with Crippen molar-refractivity contribution >= 4 is 21.6 Å². The van der Waals surface area contributed by atoms with Crippen LogP contribution in [0.5, 0.6) is 0 Å². The number of nitrogens with zero attached hydrogens (tertiary/aromatic N) is 2. The van der Waals surface area contributed by atoms with Crippen LogP contribution < -0.4 is 4.90 Å². The number of halogens is 1. The minimum Gasteiger partial charge on any atom is -0.370 e. The van der Waals surface area contributed by atoms with Gasteiger partial charge in [-0.05, 0) is 43.4 Å². The molecule has 0 heterocycles. The first-order valence-corrected chi connectivity index (χ1v) is 6.98. The van der Waals surface area contributed by atoms with Crippen molar-refractivity contribution in [3.63, 3.8) is 0 Å². The molecule has 17 heavy (non-hydrogen) atoms. The Labute approximate surface area is 111 Å². The summed E-state index contributed by atoms with van der Waals surface area (Å²) >= 11 is 3.42. The Hall–Kier alpha value is -1.01. The van der Waals surface area contributed by atoms with Crippen LogP contribution in [0, 0.1) is 17.2 Å².